The van der Waals surface area contributed by atoms with Crippen molar-refractivity contribution in [1.29, 1.82) is 0 Å². The van der Waals surface area contributed by atoms with Crippen LogP contribution in [0.25, 0.3) is 0 Å². The summed E-state index contributed by atoms with van der Waals surface area (Å²) >= 11 is 0. The molecule has 4 aliphatic rings. The zero-order valence-corrected chi connectivity index (χ0v) is 19.0. The lowest BCUT2D eigenvalue weighted by Gasteiger charge is -2.28. The van der Waals surface area contributed by atoms with Crippen molar-refractivity contribution < 1.29 is 9.59 Å². The van der Waals surface area contributed by atoms with E-state index in [-0.39, 0.29) is 35.5 Å². The van der Waals surface area contributed by atoms with Crippen LogP contribution in [0.4, 0.5) is 5.69 Å². The molecule has 2 amide bonds. The van der Waals surface area contributed by atoms with Crippen LogP contribution in [0.15, 0.2) is 35.3 Å². The molecule has 1 saturated heterocycles. The third-order valence-electron chi connectivity index (χ3n) is 7.59. The number of allylic oxidation sites excluding steroid dienone is 2. The number of hydrogen-bond donors (Lipinski definition) is 2. The molecule has 7 heteroatoms. The van der Waals surface area contributed by atoms with Gasteiger partial charge in [0.2, 0.25) is 11.8 Å². The van der Waals surface area contributed by atoms with E-state index in [4.69, 9.17) is 0 Å². The van der Waals surface area contributed by atoms with E-state index in [2.05, 4.69) is 57.9 Å². The minimum Gasteiger partial charge on any atom is -0.374 e. The van der Waals surface area contributed by atoms with Gasteiger partial charge >= 0.3 is 0 Å². The average molecular weight is 436 g/mol. The number of hydrogen-bond acceptors (Lipinski definition) is 4. The molecule has 4 atom stereocenters. The highest BCUT2D eigenvalue weighted by molar-refractivity contribution is 6.06. The highest BCUT2D eigenvalue weighted by Crippen LogP contribution is 2.52. The molecule has 2 fully saturated rings. The molecule has 4 unspecified atom stereocenters. The molecule has 7 nitrogen and oxygen atoms in total. The van der Waals surface area contributed by atoms with Crippen molar-refractivity contribution in [2.45, 2.75) is 32.2 Å². The number of imide groups is 1. The van der Waals surface area contributed by atoms with Gasteiger partial charge in [-0.15, -0.1) is 0 Å². The van der Waals surface area contributed by atoms with Crippen molar-refractivity contribution in [2.75, 3.05) is 38.6 Å². The van der Waals surface area contributed by atoms with Crippen LogP contribution in [0.1, 0.15) is 30.4 Å². The van der Waals surface area contributed by atoms with Crippen LogP contribution in [0.3, 0.4) is 0 Å². The Morgan fingerprint density at radius 1 is 1.12 bits per heavy atom. The molecular formula is C25H33N5O2. The first-order valence-electron chi connectivity index (χ1n) is 11.9. The van der Waals surface area contributed by atoms with Gasteiger partial charge < -0.3 is 15.5 Å². The number of nitrogens with one attached hydrogen (secondary N) is 2. The maximum absolute atomic E-state index is 12.8. The fourth-order valence-corrected chi connectivity index (χ4v) is 5.98. The lowest BCUT2D eigenvalue weighted by atomic mass is 9.85. The Morgan fingerprint density at radius 2 is 1.88 bits per heavy atom. The highest BCUT2D eigenvalue weighted by Gasteiger charge is 2.58. The topological polar surface area (TPSA) is 77.0 Å². The lowest BCUT2D eigenvalue weighted by molar-refractivity contribution is -0.140. The molecule has 1 aromatic rings. The Hall–Kier alpha value is -2.83. The van der Waals surface area contributed by atoms with Crippen molar-refractivity contribution in [1.82, 2.24) is 15.5 Å². The standard InChI is InChI=1S/C25H33N5O2/c1-26-25(28-15-16-6-9-20-17(13-16)5-3-11-29(20)2)27-10-4-12-30-23(31)21-18-7-8-19(14-18)22(21)24(30)32/h6-9,13,18-19,21-22H,3-5,10-12,14-15H2,1-2H3,(H2,26,27,28). The number of guanidine groups is 1. The summed E-state index contributed by atoms with van der Waals surface area (Å²) in [4.78, 5) is 33.7. The van der Waals surface area contributed by atoms with Gasteiger partial charge in [-0.2, -0.15) is 0 Å². The van der Waals surface area contributed by atoms with Crippen LogP contribution in [-0.4, -0.2) is 56.4 Å². The summed E-state index contributed by atoms with van der Waals surface area (Å²) in [5, 5.41) is 6.68. The number of benzene rings is 1. The van der Waals surface area contributed by atoms with E-state index in [9.17, 15) is 9.59 Å². The molecule has 2 N–H and O–H groups in total. The molecule has 2 aliphatic carbocycles. The second kappa shape index (κ2) is 8.60. The number of aryl methyl sites for hydroxylation is 1. The number of anilines is 1. The Bertz CT molecular complexity index is 941. The fourth-order valence-electron chi connectivity index (χ4n) is 5.98. The lowest BCUT2D eigenvalue weighted by Crippen LogP contribution is -2.39. The van der Waals surface area contributed by atoms with Gasteiger partial charge in [-0.1, -0.05) is 24.3 Å². The number of nitrogens with zero attached hydrogens (tertiary/aromatic N) is 3. The Labute approximate surface area is 189 Å². The van der Waals surface area contributed by atoms with Gasteiger partial charge in [-0.05, 0) is 54.7 Å². The molecule has 2 heterocycles. The van der Waals surface area contributed by atoms with Gasteiger partial charge in [0.1, 0.15) is 0 Å². The van der Waals surface area contributed by atoms with Crippen LogP contribution < -0.4 is 15.5 Å². The predicted octanol–water partition coefficient (Wildman–Crippen LogP) is 1.93. The highest BCUT2D eigenvalue weighted by atomic mass is 16.2. The van der Waals surface area contributed by atoms with E-state index in [0.29, 0.717) is 26.1 Å². The van der Waals surface area contributed by atoms with E-state index >= 15 is 0 Å². The van der Waals surface area contributed by atoms with E-state index in [1.165, 1.54) is 28.1 Å². The number of aliphatic imine (C=N–C) groups is 1. The summed E-state index contributed by atoms with van der Waals surface area (Å²) in [6, 6.07) is 6.67. The van der Waals surface area contributed by atoms with Crippen LogP contribution in [0.5, 0.6) is 0 Å². The minimum atomic E-state index is -0.101. The van der Waals surface area contributed by atoms with Crippen LogP contribution in [0, 0.1) is 23.7 Å². The second-order valence-electron chi connectivity index (χ2n) is 9.52. The molecule has 2 aliphatic heterocycles. The molecule has 2 bridgehead atoms. The molecule has 1 saturated carbocycles. The predicted molar refractivity (Wildman–Crippen MR) is 125 cm³/mol. The summed E-state index contributed by atoms with van der Waals surface area (Å²) in [6.07, 6.45) is 8.30. The quantitative estimate of drug-likeness (QED) is 0.235. The van der Waals surface area contributed by atoms with Gasteiger partial charge in [0.05, 0.1) is 11.8 Å². The summed E-state index contributed by atoms with van der Waals surface area (Å²) in [5.41, 5.74) is 3.99. The van der Waals surface area contributed by atoms with E-state index in [1.54, 1.807) is 7.05 Å². The summed E-state index contributed by atoms with van der Waals surface area (Å²) in [5.74, 6) is 1.16. The van der Waals surface area contributed by atoms with Crippen molar-refractivity contribution in [3.8, 4) is 0 Å². The zero-order valence-electron chi connectivity index (χ0n) is 19.0. The molecular weight excluding hydrogens is 402 g/mol. The molecule has 0 spiro atoms. The van der Waals surface area contributed by atoms with Gasteiger partial charge in [0.15, 0.2) is 5.96 Å². The Balaban J connectivity index is 1.08. The van der Waals surface area contributed by atoms with Crippen LogP contribution in [-0.2, 0) is 22.6 Å². The SMILES string of the molecule is CN=C(NCCCN1C(=O)C2C3C=CC(C3)C2C1=O)NCc1ccc2c(c1)CCCN2C. The maximum atomic E-state index is 12.8. The summed E-state index contributed by atoms with van der Waals surface area (Å²) in [7, 11) is 3.91. The first kappa shape index (κ1) is 21.0. The smallest absolute Gasteiger partial charge is 0.233 e. The summed E-state index contributed by atoms with van der Waals surface area (Å²) < 4.78 is 0. The van der Waals surface area contributed by atoms with Crippen molar-refractivity contribution >= 4 is 23.5 Å². The molecule has 0 aromatic heterocycles. The fraction of sp³-hybridized carbons (Fsp3) is 0.560. The molecule has 32 heavy (non-hydrogen) atoms. The molecule has 1 aromatic carbocycles. The average Bonchev–Trinajstić information content (AvgIpc) is 3.48. The van der Waals surface area contributed by atoms with Gasteiger partial charge in [-0.3, -0.25) is 19.5 Å². The monoisotopic (exact) mass is 435 g/mol. The number of fused-ring (bicyclic) bond motifs is 6. The molecule has 0 radical (unpaired) electrons. The van der Waals surface area contributed by atoms with Crippen molar-refractivity contribution in [3.63, 3.8) is 0 Å². The zero-order chi connectivity index (χ0) is 22.2. The van der Waals surface area contributed by atoms with Gasteiger partial charge in [0, 0.05) is 46.0 Å². The van der Waals surface area contributed by atoms with E-state index < -0.39 is 0 Å². The number of likely N-dealkylation sites (tertiary alicyclic amines) is 1. The largest absolute Gasteiger partial charge is 0.374 e. The number of carbonyl (C=O) groups is 2. The van der Waals surface area contributed by atoms with Crippen molar-refractivity contribution in [3.05, 3.63) is 41.5 Å². The number of carbonyl (C=O) groups excluding carboxylic acids is 2. The van der Waals surface area contributed by atoms with Gasteiger partial charge in [-0.25, -0.2) is 0 Å². The summed E-state index contributed by atoms with van der Waals surface area (Å²) in [6.45, 7) is 2.96. The van der Waals surface area contributed by atoms with Crippen LogP contribution in [0.2, 0.25) is 0 Å². The number of amides is 2. The molecule has 5 rings (SSSR count). The minimum absolute atomic E-state index is 0.0393. The second-order valence-corrected chi connectivity index (χ2v) is 9.52. The normalized spacial score (nSPS) is 28.4. The Morgan fingerprint density at radius 3 is 2.59 bits per heavy atom. The first-order chi connectivity index (χ1) is 15.6. The maximum Gasteiger partial charge on any atom is 0.233 e. The Kier molecular flexibility index (Phi) is 5.66. The number of rotatable bonds is 6. The van der Waals surface area contributed by atoms with Gasteiger partial charge in [0.25, 0.3) is 0 Å². The third-order valence-corrected chi connectivity index (χ3v) is 7.59. The van der Waals surface area contributed by atoms with E-state index in [0.717, 1.165) is 25.3 Å². The van der Waals surface area contributed by atoms with Crippen LogP contribution >= 0.6 is 0 Å². The third kappa shape index (κ3) is 3.67. The van der Waals surface area contributed by atoms with Crippen molar-refractivity contribution in [2.24, 2.45) is 28.7 Å². The molecule has 170 valence electrons. The first-order valence-corrected chi connectivity index (χ1v) is 11.9. The van der Waals surface area contributed by atoms with E-state index in [1.807, 2.05) is 0 Å².